The van der Waals surface area contributed by atoms with Crippen LogP contribution in [0.5, 0.6) is 0 Å². The first-order valence-electron chi connectivity index (χ1n) is 5.67. The molecule has 4 nitrogen and oxygen atoms in total. The van der Waals surface area contributed by atoms with Gasteiger partial charge in [-0.3, -0.25) is 4.98 Å². The molecule has 0 atom stereocenters. The molecule has 0 saturated heterocycles. The van der Waals surface area contributed by atoms with Crippen LogP contribution in [0.4, 0.5) is 5.82 Å². The van der Waals surface area contributed by atoms with Gasteiger partial charge < -0.3 is 10.6 Å². The molecule has 0 bridgehead atoms. The number of hydrogen-bond donors (Lipinski definition) is 1. The van der Waals surface area contributed by atoms with E-state index in [1.54, 1.807) is 12.4 Å². The Hall–Kier alpha value is -1.65. The van der Waals surface area contributed by atoms with E-state index in [0.29, 0.717) is 18.1 Å². The first kappa shape index (κ1) is 12.8. The van der Waals surface area contributed by atoms with Crippen LogP contribution in [-0.4, -0.2) is 17.0 Å². The summed E-state index contributed by atoms with van der Waals surface area (Å²) in [4.78, 5) is 10.5. The lowest BCUT2D eigenvalue weighted by Crippen LogP contribution is -2.19. The Morgan fingerprint density at radius 1 is 1.22 bits per heavy atom. The molecule has 0 aliphatic heterocycles. The Bertz CT molecular complexity index is 516. The predicted octanol–water partition coefficient (Wildman–Crippen LogP) is 2.23. The Kier molecular flexibility index (Phi) is 4.12. The smallest absolute Gasteiger partial charge is 0.147 e. The number of aromatic nitrogens is 2. The van der Waals surface area contributed by atoms with E-state index < -0.39 is 0 Å². The zero-order valence-electron chi connectivity index (χ0n) is 10.2. The van der Waals surface area contributed by atoms with Crippen LogP contribution in [0, 0.1) is 0 Å². The minimum atomic E-state index is 0.409. The molecule has 0 fully saturated rings. The van der Waals surface area contributed by atoms with Gasteiger partial charge in [0.15, 0.2) is 0 Å². The molecule has 5 heteroatoms. The van der Waals surface area contributed by atoms with Gasteiger partial charge in [-0.05, 0) is 23.8 Å². The molecule has 2 N–H and O–H groups in total. The minimum absolute atomic E-state index is 0.409. The Morgan fingerprint density at radius 2 is 2.06 bits per heavy atom. The molecule has 0 spiro atoms. The third-order valence-corrected chi connectivity index (χ3v) is 3.07. The first-order valence-corrected chi connectivity index (χ1v) is 6.04. The fraction of sp³-hybridized carbons (Fsp3) is 0.231. The van der Waals surface area contributed by atoms with Crippen molar-refractivity contribution >= 4 is 17.4 Å². The molecular formula is C13H15ClN4. The van der Waals surface area contributed by atoms with Crippen molar-refractivity contribution in [3.63, 3.8) is 0 Å². The van der Waals surface area contributed by atoms with Crippen molar-refractivity contribution < 1.29 is 0 Å². The van der Waals surface area contributed by atoms with Gasteiger partial charge in [-0.2, -0.15) is 0 Å². The summed E-state index contributed by atoms with van der Waals surface area (Å²) in [5, 5.41) is 0.610. The molecule has 2 heterocycles. The number of anilines is 1. The number of nitrogens with two attached hydrogens (primary N) is 1. The van der Waals surface area contributed by atoms with E-state index in [1.807, 2.05) is 36.2 Å². The monoisotopic (exact) mass is 262 g/mol. The molecule has 0 unspecified atom stereocenters. The Morgan fingerprint density at radius 3 is 2.72 bits per heavy atom. The van der Waals surface area contributed by atoms with Gasteiger partial charge in [-0.15, -0.1) is 0 Å². The van der Waals surface area contributed by atoms with Gasteiger partial charge >= 0.3 is 0 Å². The first-order chi connectivity index (χ1) is 8.72. The normalized spacial score (nSPS) is 10.4. The summed E-state index contributed by atoms with van der Waals surface area (Å²) in [6.07, 6.45) is 3.49. The summed E-state index contributed by atoms with van der Waals surface area (Å²) >= 11 is 6.27. The third kappa shape index (κ3) is 2.78. The van der Waals surface area contributed by atoms with Gasteiger partial charge in [0.25, 0.3) is 0 Å². The molecule has 0 amide bonds. The minimum Gasteiger partial charge on any atom is -0.353 e. The van der Waals surface area contributed by atoms with Gasteiger partial charge in [0.05, 0.1) is 17.3 Å². The molecule has 0 aliphatic carbocycles. The van der Waals surface area contributed by atoms with Gasteiger partial charge in [0, 0.05) is 26.0 Å². The largest absolute Gasteiger partial charge is 0.353 e. The van der Waals surface area contributed by atoms with Crippen LogP contribution in [0.25, 0.3) is 0 Å². The summed E-state index contributed by atoms with van der Waals surface area (Å²) < 4.78 is 0. The summed E-state index contributed by atoms with van der Waals surface area (Å²) in [5.41, 5.74) is 7.50. The summed E-state index contributed by atoms with van der Waals surface area (Å²) in [7, 11) is 1.93. The molecular weight excluding hydrogens is 248 g/mol. The number of hydrogen-bond acceptors (Lipinski definition) is 4. The van der Waals surface area contributed by atoms with E-state index in [-0.39, 0.29) is 0 Å². The zero-order chi connectivity index (χ0) is 13.0. The highest BCUT2D eigenvalue weighted by Crippen LogP contribution is 2.26. The van der Waals surface area contributed by atoms with Crippen molar-refractivity contribution in [2.24, 2.45) is 5.73 Å². The highest BCUT2D eigenvalue weighted by Gasteiger charge is 2.11. The van der Waals surface area contributed by atoms with Gasteiger partial charge in [-0.1, -0.05) is 17.7 Å². The van der Waals surface area contributed by atoms with Crippen LogP contribution in [0.15, 0.2) is 36.7 Å². The number of nitrogens with zero attached hydrogens (tertiary/aromatic N) is 3. The number of halogens is 1. The number of rotatable bonds is 4. The lowest BCUT2D eigenvalue weighted by Gasteiger charge is -2.19. The molecule has 2 aromatic heterocycles. The van der Waals surface area contributed by atoms with E-state index in [9.17, 15) is 0 Å². The lowest BCUT2D eigenvalue weighted by atomic mass is 10.2. The molecule has 0 saturated carbocycles. The zero-order valence-corrected chi connectivity index (χ0v) is 10.9. The standard InChI is InChI=1S/C13H15ClN4/c1-18(9-11-4-2-3-6-16-11)13-12(14)10(8-15)5-7-17-13/h2-7H,8-9,15H2,1H3. The quantitative estimate of drug-likeness (QED) is 0.918. The Balaban J connectivity index is 2.21. The number of pyridine rings is 2. The second-order valence-electron chi connectivity index (χ2n) is 3.99. The van der Waals surface area contributed by atoms with Crippen LogP contribution < -0.4 is 10.6 Å². The molecule has 0 radical (unpaired) electrons. The maximum atomic E-state index is 6.27. The maximum absolute atomic E-state index is 6.27. The van der Waals surface area contributed by atoms with Crippen molar-refractivity contribution in [2.75, 3.05) is 11.9 Å². The van der Waals surface area contributed by atoms with Crippen LogP contribution in [0.3, 0.4) is 0 Å². The summed E-state index contributed by atoms with van der Waals surface area (Å²) in [6, 6.07) is 7.66. The molecule has 2 aromatic rings. The van der Waals surface area contributed by atoms with Crippen LogP contribution in [-0.2, 0) is 13.1 Å². The average Bonchev–Trinajstić information content (AvgIpc) is 2.40. The third-order valence-electron chi connectivity index (χ3n) is 2.66. The van der Waals surface area contributed by atoms with E-state index in [0.717, 1.165) is 17.1 Å². The van der Waals surface area contributed by atoms with E-state index >= 15 is 0 Å². The predicted molar refractivity (Wildman–Crippen MR) is 73.5 cm³/mol. The van der Waals surface area contributed by atoms with Crippen LogP contribution in [0.2, 0.25) is 5.02 Å². The van der Waals surface area contributed by atoms with E-state index in [4.69, 9.17) is 17.3 Å². The molecule has 2 rings (SSSR count). The average molecular weight is 263 g/mol. The van der Waals surface area contributed by atoms with Crippen LogP contribution in [0.1, 0.15) is 11.3 Å². The molecule has 0 aliphatic rings. The fourth-order valence-corrected chi connectivity index (χ4v) is 2.04. The van der Waals surface area contributed by atoms with E-state index in [1.165, 1.54) is 0 Å². The van der Waals surface area contributed by atoms with Gasteiger partial charge in [0.1, 0.15) is 5.82 Å². The fourth-order valence-electron chi connectivity index (χ4n) is 1.70. The second kappa shape index (κ2) is 5.80. The van der Waals surface area contributed by atoms with Gasteiger partial charge in [-0.25, -0.2) is 4.98 Å². The Labute approximate surface area is 111 Å². The second-order valence-corrected chi connectivity index (χ2v) is 4.37. The van der Waals surface area contributed by atoms with Crippen molar-refractivity contribution in [1.29, 1.82) is 0 Å². The topological polar surface area (TPSA) is 55.0 Å². The van der Waals surface area contributed by atoms with Crippen molar-refractivity contribution in [2.45, 2.75) is 13.1 Å². The molecule has 0 aromatic carbocycles. The highest BCUT2D eigenvalue weighted by molar-refractivity contribution is 6.33. The molecule has 94 valence electrons. The van der Waals surface area contributed by atoms with Crippen molar-refractivity contribution in [3.8, 4) is 0 Å². The highest BCUT2D eigenvalue weighted by atomic mass is 35.5. The summed E-state index contributed by atoms with van der Waals surface area (Å²) in [5.74, 6) is 0.727. The van der Waals surface area contributed by atoms with Crippen molar-refractivity contribution in [3.05, 3.63) is 52.9 Å². The lowest BCUT2D eigenvalue weighted by molar-refractivity contribution is 0.862. The van der Waals surface area contributed by atoms with Gasteiger partial charge in [0.2, 0.25) is 0 Å². The van der Waals surface area contributed by atoms with Crippen molar-refractivity contribution in [1.82, 2.24) is 9.97 Å². The molecule has 18 heavy (non-hydrogen) atoms. The summed E-state index contributed by atoms with van der Waals surface area (Å²) in [6.45, 7) is 1.06. The SMILES string of the molecule is CN(Cc1ccccn1)c1nccc(CN)c1Cl. The van der Waals surface area contributed by atoms with Crippen LogP contribution >= 0.6 is 11.6 Å². The maximum Gasteiger partial charge on any atom is 0.147 e. The van der Waals surface area contributed by atoms with E-state index in [2.05, 4.69) is 9.97 Å².